The molecule has 0 aromatic carbocycles. The van der Waals surface area contributed by atoms with E-state index in [-0.39, 0.29) is 0 Å². The first-order valence-electron chi connectivity index (χ1n) is 10.6. The summed E-state index contributed by atoms with van der Waals surface area (Å²) in [6, 6.07) is 0. The van der Waals surface area contributed by atoms with Crippen molar-refractivity contribution in [2.75, 3.05) is 26.4 Å². The number of hydrogen-bond acceptors (Lipinski definition) is 16. The van der Waals surface area contributed by atoms with Crippen LogP contribution < -0.4 is 0 Å². The Labute approximate surface area is 192 Å². The van der Waals surface area contributed by atoms with E-state index < -0.39 is 112 Å². The second-order valence-electron chi connectivity index (χ2n) is 8.41. The summed E-state index contributed by atoms with van der Waals surface area (Å²) in [6.07, 6.45) is -21.6. The summed E-state index contributed by atoms with van der Waals surface area (Å²) in [7, 11) is 0. The van der Waals surface area contributed by atoms with Crippen molar-refractivity contribution >= 4 is 0 Å². The first kappa shape index (κ1) is 27.9. The molecule has 3 aliphatic rings. The van der Waals surface area contributed by atoms with Gasteiger partial charge in [0.25, 0.3) is 0 Å². The predicted molar refractivity (Wildman–Crippen MR) is 101 cm³/mol. The Morgan fingerprint density at radius 2 is 1.09 bits per heavy atom. The molecule has 34 heavy (non-hydrogen) atoms. The molecule has 3 rings (SSSR count). The summed E-state index contributed by atoms with van der Waals surface area (Å²) >= 11 is 0. The van der Waals surface area contributed by atoms with Crippen molar-refractivity contribution in [3.63, 3.8) is 0 Å². The Morgan fingerprint density at radius 1 is 0.588 bits per heavy atom. The fourth-order valence-electron chi connectivity index (χ4n) is 4.01. The van der Waals surface area contributed by atoms with Crippen molar-refractivity contribution in [2.45, 2.75) is 85.5 Å². The molecule has 3 heterocycles. The number of aliphatic hydroxyl groups excluding tert-OH is 11. The minimum Gasteiger partial charge on any atom is -0.394 e. The van der Waals surface area contributed by atoms with Crippen LogP contribution in [0.3, 0.4) is 0 Å². The van der Waals surface area contributed by atoms with Gasteiger partial charge in [0.15, 0.2) is 12.6 Å². The maximum absolute atomic E-state index is 10.5. The Kier molecular flexibility index (Phi) is 9.18. The second-order valence-corrected chi connectivity index (χ2v) is 8.41. The molecular weight excluding hydrogens is 472 g/mol. The zero-order valence-electron chi connectivity index (χ0n) is 17.8. The average molecular weight is 504 g/mol. The lowest BCUT2D eigenvalue weighted by Crippen LogP contribution is -2.62. The van der Waals surface area contributed by atoms with Crippen LogP contribution in [-0.4, -0.2) is 168 Å². The van der Waals surface area contributed by atoms with Gasteiger partial charge in [-0.05, 0) is 0 Å². The van der Waals surface area contributed by atoms with Crippen molar-refractivity contribution in [1.29, 1.82) is 0 Å². The van der Waals surface area contributed by atoms with Gasteiger partial charge < -0.3 is 79.9 Å². The summed E-state index contributed by atoms with van der Waals surface area (Å²) in [5.41, 5.74) is 0. The van der Waals surface area contributed by atoms with Crippen molar-refractivity contribution in [3.05, 3.63) is 0 Å². The molecule has 11 N–H and O–H groups in total. The lowest BCUT2D eigenvalue weighted by Gasteiger charge is -2.43. The minimum atomic E-state index is -2.41. The third kappa shape index (κ3) is 5.09. The number of rotatable bonds is 8. The molecule has 14 atom stereocenters. The van der Waals surface area contributed by atoms with Gasteiger partial charge in [0, 0.05) is 0 Å². The SMILES string of the molecule is OC[C@@H]1OC(O[C@]2(CO)O[C@H](COC3O[C@H](CO)[C@H](O)[C@@H](O)[C@H]3O)[C@@H](O)[C@H]2O)[C@@H](O)[C@@H](O)[C@H]1O. The zero-order valence-corrected chi connectivity index (χ0v) is 17.8. The van der Waals surface area contributed by atoms with E-state index in [1.54, 1.807) is 0 Å². The van der Waals surface area contributed by atoms with Gasteiger partial charge in [-0.25, -0.2) is 0 Å². The van der Waals surface area contributed by atoms with E-state index in [1.807, 2.05) is 0 Å². The van der Waals surface area contributed by atoms with E-state index in [0.717, 1.165) is 0 Å². The Morgan fingerprint density at radius 3 is 1.59 bits per heavy atom. The molecule has 0 bridgehead atoms. The smallest absolute Gasteiger partial charge is 0.224 e. The summed E-state index contributed by atoms with van der Waals surface area (Å²) in [6.45, 7) is -3.16. The number of aliphatic hydroxyl groups is 11. The lowest BCUT2D eigenvalue weighted by atomic mass is 9.99. The van der Waals surface area contributed by atoms with E-state index in [2.05, 4.69) is 0 Å². The minimum absolute atomic E-state index is 0.610. The standard InChI is InChI=1S/C18H32O16/c19-1-5-8(22)11(25)13(27)16(31-5)30-3-7-10(24)15(29)18(4-21,33-7)34-17-14(28)12(26)9(23)6(2-20)32-17/h5-17,19-29H,1-4H2/t5-,6+,7-,8+,9+,10-,11-,12+,13-,14+,15-,16?,17?,18+/m1/s1. The molecule has 0 saturated carbocycles. The molecule has 0 amide bonds. The molecule has 0 aliphatic carbocycles. The number of hydrogen-bond donors (Lipinski definition) is 11. The van der Waals surface area contributed by atoms with Crippen LogP contribution in [0.25, 0.3) is 0 Å². The first-order valence-corrected chi connectivity index (χ1v) is 10.6. The van der Waals surface area contributed by atoms with E-state index in [0.29, 0.717) is 0 Å². The zero-order chi connectivity index (χ0) is 25.4. The van der Waals surface area contributed by atoms with Crippen LogP contribution >= 0.6 is 0 Å². The molecule has 16 nitrogen and oxygen atoms in total. The quantitative estimate of drug-likeness (QED) is 0.146. The van der Waals surface area contributed by atoms with Gasteiger partial charge in [-0.2, -0.15) is 0 Å². The average Bonchev–Trinajstić information content (AvgIpc) is 3.07. The van der Waals surface area contributed by atoms with Crippen molar-refractivity contribution < 1.29 is 79.9 Å². The van der Waals surface area contributed by atoms with Gasteiger partial charge in [-0.1, -0.05) is 0 Å². The molecule has 3 aliphatic heterocycles. The molecule has 200 valence electrons. The summed E-state index contributed by atoms with van der Waals surface area (Å²) in [5.74, 6) is -2.41. The van der Waals surface area contributed by atoms with Crippen molar-refractivity contribution in [1.82, 2.24) is 0 Å². The van der Waals surface area contributed by atoms with Crippen LogP contribution in [0.4, 0.5) is 0 Å². The highest BCUT2D eigenvalue weighted by Crippen LogP contribution is 2.36. The van der Waals surface area contributed by atoms with Crippen molar-refractivity contribution in [3.8, 4) is 0 Å². The highest BCUT2D eigenvalue weighted by atomic mass is 16.8. The Bertz CT molecular complexity index is 651. The molecule has 3 saturated heterocycles. The largest absolute Gasteiger partial charge is 0.394 e. The Hall–Kier alpha value is -0.640. The van der Waals surface area contributed by atoms with Crippen molar-refractivity contribution in [2.24, 2.45) is 0 Å². The molecule has 0 radical (unpaired) electrons. The summed E-state index contributed by atoms with van der Waals surface area (Å²) < 4.78 is 26.4. The first-order chi connectivity index (χ1) is 16.0. The van der Waals surface area contributed by atoms with Crippen LogP contribution in [0, 0.1) is 0 Å². The molecule has 3 fully saturated rings. The van der Waals surface area contributed by atoms with E-state index >= 15 is 0 Å². The van der Waals surface area contributed by atoms with Crippen LogP contribution in [0.5, 0.6) is 0 Å². The highest BCUT2D eigenvalue weighted by molar-refractivity contribution is 4.99. The molecule has 0 spiro atoms. The lowest BCUT2D eigenvalue weighted by molar-refractivity contribution is -0.385. The maximum Gasteiger partial charge on any atom is 0.224 e. The Balaban J connectivity index is 1.67. The number of ether oxygens (including phenoxy) is 5. The van der Waals surface area contributed by atoms with Gasteiger partial charge in [-0.3, -0.25) is 0 Å². The molecule has 0 aromatic heterocycles. The van der Waals surface area contributed by atoms with Crippen LogP contribution in [0.15, 0.2) is 0 Å². The molecule has 0 aromatic rings. The fraction of sp³-hybridized carbons (Fsp3) is 1.00. The molecule has 2 unspecified atom stereocenters. The normalized spacial score (nSPS) is 52.1. The van der Waals surface area contributed by atoms with Crippen LogP contribution in [0.2, 0.25) is 0 Å². The van der Waals surface area contributed by atoms with Gasteiger partial charge in [0.05, 0.1) is 19.8 Å². The van der Waals surface area contributed by atoms with E-state index in [4.69, 9.17) is 23.7 Å². The van der Waals surface area contributed by atoms with Crippen LogP contribution in [-0.2, 0) is 23.7 Å². The third-order valence-corrected chi connectivity index (χ3v) is 6.16. The summed E-state index contributed by atoms with van der Waals surface area (Å²) in [4.78, 5) is 0. The van der Waals surface area contributed by atoms with Gasteiger partial charge in [-0.15, -0.1) is 0 Å². The maximum atomic E-state index is 10.5. The predicted octanol–water partition coefficient (Wildman–Crippen LogP) is -7.57. The van der Waals surface area contributed by atoms with Gasteiger partial charge in [0.2, 0.25) is 5.79 Å². The van der Waals surface area contributed by atoms with Gasteiger partial charge in [0.1, 0.15) is 73.8 Å². The molecule has 16 heteroatoms. The molecular formula is C18H32O16. The van der Waals surface area contributed by atoms with Gasteiger partial charge >= 0.3 is 0 Å². The second kappa shape index (κ2) is 11.2. The van der Waals surface area contributed by atoms with E-state index in [1.165, 1.54) is 0 Å². The topological polar surface area (TPSA) is 269 Å². The summed E-state index contributed by atoms with van der Waals surface area (Å²) in [5, 5.41) is 109. The monoisotopic (exact) mass is 504 g/mol. The highest BCUT2D eigenvalue weighted by Gasteiger charge is 2.59. The van der Waals surface area contributed by atoms with E-state index in [9.17, 15) is 56.2 Å². The third-order valence-electron chi connectivity index (χ3n) is 6.16. The fourth-order valence-corrected chi connectivity index (χ4v) is 4.01. The van der Waals surface area contributed by atoms with Crippen LogP contribution in [0.1, 0.15) is 0 Å².